The number of esters is 1. The highest BCUT2D eigenvalue weighted by Gasteiger charge is 2.38. The van der Waals surface area contributed by atoms with Gasteiger partial charge < -0.3 is 19.3 Å². The normalized spacial score (nSPS) is 18.4. The van der Waals surface area contributed by atoms with E-state index in [1.54, 1.807) is 4.90 Å². The minimum absolute atomic E-state index is 0.0582. The largest absolute Gasteiger partial charge is 0.469 e. The summed E-state index contributed by atoms with van der Waals surface area (Å²) in [4.78, 5) is 40.8. The molecule has 0 saturated heterocycles. The maximum Gasteiger partial charge on any atom is 0.410 e. The number of para-hydroxylation sites is 1. The Labute approximate surface area is 179 Å². The zero-order chi connectivity index (χ0) is 22.5. The standard InChI is InChI=1S/C23H34N2O5/c1-7-20(26)25-16(2)15-19(17-11-8-9-12-18(17)25)24(14-10-13-21(27)29-6)22(28)30-23(3,4)5/h8-9,11-12,16,19H,7,10,13-15H2,1-6H3/t16-,19+/m0/s1. The summed E-state index contributed by atoms with van der Waals surface area (Å²) in [6.07, 6.45) is 1.28. The van der Waals surface area contributed by atoms with Crippen LogP contribution in [0, 0.1) is 0 Å². The number of methoxy groups -OCH3 is 1. The van der Waals surface area contributed by atoms with Crippen LogP contribution in [0.2, 0.25) is 0 Å². The van der Waals surface area contributed by atoms with Crippen LogP contribution in [0.25, 0.3) is 0 Å². The molecule has 166 valence electrons. The summed E-state index contributed by atoms with van der Waals surface area (Å²) in [7, 11) is 1.35. The van der Waals surface area contributed by atoms with Crippen molar-refractivity contribution in [2.75, 3.05) is 18.6 Å². The monoisotopic (exact) mass is 418 g/mol. The fourth-order valence-electron chi connectivity index (χ4n) is 3.82. The average molecular weight is 419 g/mol. The SMILES string of the molecule is CCC(=O)N1c2ccccc2[C@H](N(CCCC(=O)OC)C(=O)OC(C)(C)C)C[C@@H]1C. The summed E-state index contributed by atoms with van der Waals surface area (Å²) in [5.74, 6) is -0.251. The van der Waals surface area contributed by atoms with Gasteiger partial charge in [-0.15, -0.1) is 0 Å². The Morgan fingerprint density at radius 2 is 1.87 bits per heavy atom. The number of rotatable bonds is 6. The summed E-state index contributed by atoms with van der Waals surface area (Å²) in [5.41, 5.74) is 1.11. The number of ether oxygens (including phenoxy) is 2. The van der Waals surface area contributed by atoms with E-state index in [4.69, 9.17) is 9.47 Å². The van der Waals surface area contributed by atoms with Gasteiger partial charge in [0.25, 0.3) is 0 Å². The van der Waals surface area contributed by atoms with Gasteiger partial charge in [0, 0.05) is 31.1 Å². The van der Waals surface area contributed by atoms with Crippen LogP contribution in [0.15, 0.2) is 24.3 Å². The Hall–Kier alpha value is -2.57. The Morgan fingerprint density at radius 1 is 1.20 bits per heavy atom. The van der Waals surface area contributed by atoms with E-state index in [0.717, 1.165) is 11.3 Å². The Balaban J connectivity index is 2.39. The van der Waals surface area contributed by atoms with E-state index in [-0.39, 0.29) is 30.4 Å². The van der Waals surface area contributed by atoms with Crippen LogP contribution in [-0.2, 0) is 19.1 Å². The average Bonchev–Trinajstić information content (AvgIpc) is 2.68. The van der Waals surface area contributed by atoms with Crippen molar-refractivity contribution in [2.45, 2.75) is 78.0 Å². The first-order valence-corrected chi connectivity index (χ1v) is 10.6. The van der Waals surface area contributed by atoms with Gasteiger partial charge in [-0.25, -0.2) is 4.79 Å². The van der Waals surface area contributed by atoms with E-state index in [2.05, 4.69) is 0 Å². The van der Waals surface area contributed by atoms with Gasteiger partial charge >= 0.3 is 12.1 Å². The fourth-order valence-corrected chi connectivity index (χ4v) is 3.82. The molecule has 2 amide bonds. The third-order valence-corrected chi connectivity index (χ3v) is 5.14. The minimum Gasteiger partial charge on any atom is -0.469 e. The summed E-state index contributed by atoms with van der Waals surface area (Å²) < 4.78 is 10.4. The van der Waals surface area contributed by atoms with Crippen molar-refractivity contribution in [1.82, 2.24) is 4.90 Å². The molecule has 0 spiro atoms. The molecule has 0 unspecified atom stereocenters. The van der Waals surface area contributed by atoms with Crippen LogP contribution in [0.4, 0.5) is 10.5 Å². The molecule has 0 fully saturated rings. The molecule has 7 nitrogen and oxygen atoms in total. The molecule has 0 aromatic heterocycles. The van der Waals surface area contributed by atoms with E-state index >= 15 is 0 Å². The zero-order valence-electron chi connectivity index (χ0n) is 18.9. The molecule has 1 aliphatic heterocycles. The second kappa shape index (κ2) is 9.96. The van der Waals surface area contributed by atoms with E-state index < -0.39 is 11.7 Å². The molecule has 0 aliphatic carbocycles. The molecule has 2 atom stereocenters. The van der Waals surface area contributed by atoms with Crippen LogP contribution in [0.1, 0.15) is 71.9 Å². The Bertz CT molecular complexity index is 771. The van der Waals surface area contributed by atoms with Crippen LogP contribution in [0.5, 0.6) is 0 Å². The van der Waals surface area contributed by atoms with Gasteiger partial charge in [-0.2, -0.15) is 0 Å². The Kier molecular flexibility index (Phi) is 7.87. The van der Waals surface area contributed by atoms with E-state index in [1.165, 1.54) is 7.11 Å². The van der Waals surface area contributed by atoms with Crippen molar-refractivity contribution in [1.29, 1.82) is 0 Å². The summed E-state index contributed by atoms with van der Waals surface area (Å²) >= 11 is 0. The molecule has 2 rings (SSSR count). The van der Waals surface area contributed by atoms with Gasteiger partial charge in [0.05, 0.1) is 13.2 Å². The van der Waals surface area contributed by atoms with Crippen LogP contribution in [0.3, 0.4) is 0 Å². The number of carbonyl (C=O) groups excluding carboxylic acids is 3. The van der Waals surface area contributed by atoms with E-state index in [1.807, 2.05) is 63.8 Å². The van der Waals surface area contributed by atoms with E-state index in [0.29, 0.717) is 25.8 Å². The number of benzene rings is 1. The topological polar surface area (TPSA) is 76.2 Å². The van der Waals surface area contributed by atoms with Crippen LogP contribution >= 0.6 is 0 Å². The molecular weight excluding hydrogens is 384 g/mol. The third-order valence-electron chi connectivity index (χ3n) is 5.14. The molecule has 7 heteroatoms. The molecule has 0 saturated carbocycles. The molecule has 30 heavy (non-hydrogen) atoms. The second-order valence-electron chi connectivity index (χ2n) is 8.63. The lowest BCUT2D eigenvalue weighted by molar-refractivity contribution is -0.140. The van der Waals surface area contributed by atoms with Crippen molar-refractivity contribution < 1.29 is 23.9 Å². The number of carbonyl (C=O) groups is 3. The smallest absolute Gasteiger partial charge is 0.410 e. The van der Waals surface area contributed by atoms with Crippen molar-refractivity contribution in [3.8, 4) is 0 Å². The molecule has 1 aromatic rings. The quantitative estimate of drug-likeness (QED) is 0.638. The lowest BCUT2D eigenvalue weighted by atomic mass is 9.90. The molecule has 0 bridgehead atoms. The van der Waals surface area contributed by atoms with Gasteiger partial charge in [-0.3, -0.25) is 9.59 Å². The van der Waals surface area contributed by atoms with Crippen LogP contribution < -0.4 is 4.90 Å². The molecule has 0 N–H and O–H groups in total. The van der Waals surface area contributed by atoms with Gasteiger partial charge in [-0.05, 0) is 52.2 Å². The number of hydrogen-bond acceptors (Lipinski definition) is 5. The first kappa shape index (κ1) is 23.7. The van der Waals surface area contributed by atoms with E-state index in [9.17, 15) is 14.4 Å². The summed E-state index contributed by atoms with van der Waals surface area (Å²) in [6, 6.07) is 7.39. The lowest BCUT2D eigenvalue weighted by Gasteiger charge is -2.43. The van der Waals surface area contributed by atoms with Gasteiger partial charge in [0.15, 0.2) is 0 Å². The summed E-state index contributed by atoms with van der Waals surface area (Å²) in [6.45, 7) is 9.70. The van der Waals surface area contributed by atoms with Gasteiger partial charge in [0.1, 0.15) is 5.60 Å². The highest BCUT2D eigenvalue weighted by atomic mass is 16.6. The zero-order valence-corrected chi connectivity index (χ0v) is 18.9. The first-order valence-electron chi connectivity index (χ1n) is 10.6. The maximum absolute atomic E-state index is 13.1. The number of fused-ring (bicyclic) bond motifs is 1. The molecule has 1 aromatic carbocycles. The number of amides is 2. The number of hydrogen-bond donors (Lipinski definition) is 0. The first-order chi connectivity index (χ1) is 14.1. The van der Waals surface area contributed by atoms with Crippen molar-refractivity contribution in [3.63, 3.8) is 0 Å². The number of nitrogens with zero attached hydrogens (tertiary/aromatic N) is 2. The molecule has 1 heterocycles. The third kappa shape index (κ3) is 5.74. The van der Waals surface area contributed by atoms with Crippen molar-refractivity contribution in [2.24, 2.45) is 0 Å². The molecule has 1 aliphatic rings. The fraction of sp³-hybridized carbons (Fsp3) is 0.609. The highest BCUT2D eigenvalue weighted by Crippen LogP contribution is 2.41. The predicted molar refractivity (Wildman–Crippen MR) is 115 cm³/mol. The minimum atomic E-state index is -0.637. The van der Waals surface area contributed by atoms with Crippen molar-refractivity contribution in [3.05, 3.63) is 29.8 Å². The van der Waals surface area contributed by atoms with Crippen LogP contribution in [-0.4, -0.2) is 48.2 Å². The summed E-state index contributed by atoms with van der Waals surface area (Å²) in [5, 5.41) is 0. The molecule has 0 radical (unpaired) electrons. The van der Waals surface area contributed by atoms with Crippen molar-refractivity contribution >= 4 is 23.7 Å². The predicted octanol–water partition coefficient (Wildman–Crippen LogP) is 4.45. The number of anilines is 1. The highest BCUT2D eigenvalue weighted by molar-refractivity contribution is 5.95. The molecular formula is C23H34N2O5. The maximum atomic E-state index is 13.1. The second-order valence-corrected chi connectivity index (χ2v) is 8.63. The lowest BCUT2D eigenvalue weighted by Crippen LogP contribution is -2.48. The van der Waals surface area contributed by atoms with Gasteiger partial charge in [-0.1, -0.05) is 25.1 Å². The Morgan fingerprint density at radius 3 is 2.47 bits per heavy atom. The van der Waals surface area contributed by atoms with Gasteiger partial charge in [0.2, 0.25) is 5.91 Å².